The highest BCUT2D eigenvalue weighted by molar-refractivity contribution is 7.90. The van der Waals surface area contributed by atoms with Gasteiger partial charge in [0.05, 0.1) is 40.4 Å². The first-order chi connectivity index (χ1) is 18.9. The van der Waals surface area contributed by atoms with Gasteiger partial charge in [-0.3, -0.25) is 0 Å². The van der Waals surface area contributed by atoms with Gasteiger partial charge in [0.2, 0.25) is 0 Å². The number of aliphatic hydroxyl groups excluding tert-OH is 1. The van der Waals surface area contributed by atoms with Gasteiger partial charge in [-0.25, -0.2) is 17.2 Å². The number of carbonyl (C=O) groups excluding carboxylic acids is 1. The highest BCUT2D eigenvalue weighted by Gasteiger charge is 2.31. The number of rotatable bonds is 5. The van der Waals surface area contributed by atoms with Gasteiger partial charge in [0.25, 0.3) is 10.0 Å². The minimum atomic E-state index is -4.05. The largest absolute Gasteiger partial charge is 0.444 e. The standard InChI is InChI=1S/C31H31N3O5S/c1-19-5-7-23(8-6-19)40(37,38)34-28-12-10-25-24(9-11-27(25)33-30(36)39-31(2,3)4)26(28)16-29(34)22-14-20(17-32)13-21(15-22)18-35/h5-8,10,12-16,27,35H,9,11,18H2,1-4H3,(H,33,36)/t27-/m0/s1. The minimum absolute atomic E-state index is 0.139. The van der Waals surface area contributed by atoms with Gasteiger partial charge in [0.1, 0.15) is 5.60 Å². The molecule has 0 saturated carbocycles. The van der Waals surface area contributed by atoms with E-state index in [-0.39, 0.29) is 17.5 Å². The second-order valence-corrected chi connectivity index (χ2v) is 12.9. The van der Waals surface area contributed by atoms with Crippen LogP contribution in [0.3, 0.4) is 0 Å². The van der Waals surface area contributed by atoms with Crippen LogP contribution in [0.2, 0.25) is 0 Å². The molecule has 3 aromatic carbocycles. The summed E-state index contributed by atoms with van der Waals surface area (Å²) in [5.41, 5.74) is 4.39. The van der Waals surface area contributed by atoms with Crippen molar-refractivity contribution in [1.82, 2.24) is 9.29 Å². The first kappa shape index (κ1) is 27.4. The zero-order valence-electron chi connectivity index (χ0n) is 22.9. The summed E-state index contributed by atoms with van der Waals surface area (Å²) in [5, 5.41) is 23.1. The average Bonchev–Trinajstić information content (AvgIpc) is 3.49. The fourth-order valence-electron chi connectivity index (χ4n) is 5.25. The number of aryl methyl sites for hydroxylation is 2. The van der Waals surface area contributed by atoms with Crippen LogP contribution < -0.4 is 5.32 Å². The molecule has 1 atom stereocenters. The Balaban J connectivity index is 1.71. The van der Waals surface area contributed by atoms with Crippen LogP contribution in [0.5, 0.6) is 0 Å². The Morgan fingerprint density at radius 3 is 2.50 bits per heavy atom. The van der Waals surface area contributed by atoms with E-state index in [2.05, 4.69) is 11.4 Å². The van der Waals surface area contributed by atoms with Crippen molar-refractivity contribution >= 4 is 27.0 Å². The monoisotopic (exact) mass is 557 g/mol. The molecule has 0 bridgehead atoms. The van der Waals surface area contributed by atoms with Gasteiger partial charge < -0.3 is 15.2 Å². The molecule has 5 rings (SSSR count). The molecular weight excluding hydrogens is 526 g/mol. The molecule has 1 aromatic heterocycles. The first-order valence-electron chi connectivity index (χ1n) is 13.1. The van der Waals surface area contributed by atoms with Crippen LogP contribution in [0, 0.1) is 18.3 Å². The van der Waals surface area contributed by atoms with Gasteiger partial charge in [-0.1, -0.05) is 23.8 Å². The predicted octanol–water partition coefficient (Wildman–Crippen LogP) is 5.73. The van der Waals surface area contributed by atoms with Crippen LogP contribution in [0.4, 0.5) is 4.79 Å². The number of nitrogens with one attached hydrogen (secondary N) is 1. The van der Waals surface area contributed by atoms with E-state index < -0.39 is 21.7 Å². The molecule has 1 heterocycles. The van der Waals surface area contributed by atoms with Crippen molar-refractivity contribution in [2.45, 2.75) is 63.7 Å². The molecule has 4 aromatic rings. The van der Waals surface area contributed by atoms with E-state index >= 15 is 0 Å². The Morgan fingerprint density at radius 2 is 1.85 bits per heavy atom. The van der Waals surface area contributed by atoms with E-state index in [1.165, 1.54) is 3.97 Å². The number of nitrogens with zero attached hydrogens (tertiary/aromatic N) is 2. The van der Waals surface area contributed by atoms with Gasteiger partial charge in [0, 0.05) is 10.9 Å². The lowest BCUT2D eigenvalue weighted by molar-refractivity contribution is 0.0503. The Morgan fingerprint density at radius 1 is 1.12 bits per heavy atom. The lowest BCUT2D eigenvalue weighted by atomic mass is 10.0. The summed E-state index contributed by atoms with van der Waals surface area (Å²) in [7, 11) is -4.05. The van der Waals surface area contributed by atoms with E-state index in [9.17, 15) is 23.6 Å². The maximum Gasteiger partial charge on any atom is 0.408 e. The van der Waals surface area contributed by atoms with Crippen molar-refractivity contribution in [2.75, 3.05) is 0 Å². The van der Waals surface area contributed by atoms with Crippen LogP contribution in [-0.4, -0.2) is 29.2 Å². The third kappa shape index (κ3) is 5.08. The lowest BCUT2D eigenvalue weighted by Gasteiger charge is -2.22. The molecule has 9 heteroatoms. The number of alkyl carbamates (subject to hydrolysis) is 1. The molecule has 206 valence electrons. The highest BCUT2D eigenvalue weighted by atomic mass is 32.2. The van der Waals surface area contributed by atoms with Crippen molar-refractivity contribution in [3.05, 3.63) is 88.5 Å². The molecule has 0 unspecified atom stereocenters. The van der Waals surface area contributed by atoms with Crippen molar-refractivity contribution in [1.29, 1.82) is 5.26 Å². The maximum atomic E-state index is 14.1. The lowest BCUT2D eigenvalue weighted by Crippen LogP contribution is -2.34. The fraction of sp³-hybridized carbons (Fsp3) is 0.290. The molecule has 8 nitrogen and oxygen atoms in total. The Kier molecular flexibility index (Phi) is 6.94. The number of amides is 1. The number of carbonyl (C=O) groups is 1. The van der Waals surface area contributed by atoms with E-state index in [1.807, 2.05) is 19.1 Å². The quantitative estimate of drug-likeness (QED) is 0.323. The smallest absolute Gasteiger partial charge is 0.408 e. The number of benzene rings is 3. The Hall–Kier alpha value is -4.13. The third-order valence-electron chi connectivity index (χ3n) is 7.00. The first-order valence-corrected chi connectivity index (χ1v) is 14.5. The third-order valence-corrected chi connectivity index (χ3v) is 8.74. The highest BCUT2D eigenvalue weighted by Crippen LogP contribution is 2.41. The predicted molar refractivity (Wildman–Crippen MR) is 152 cm³/mol. The normalized spacial score (nSPS) is 15.1. The van der Waals surface area contributed by atoms with Gasteiger partial charge in [-0.15, -0.1) is 0 Å². The van der Waals surface area contributed by atoms with Gasteiger partial charge in [-0.05, 0) is 99.7 Å². The number of nitriles is 1. The van der Waals surface area contributed by atoms with E-state index in [0.717, 1.165) is 22.1 Å². The second kappa shape index (κ2) is 10.1. The van der Waals surface area contributed by atoms with Crippen molar-refractivity contribution in [3.63, 3.8) is 0 Å². The minimum Gasteiger partial charge on any atom is -0.444 e. The molecule has 0 spiro atoms. The maximum absolute atomic E-state index is 14.1. The molecule has 0 saturated heterocycles. The number of ether oxygens (including phenoxy) is 1. The summed E-state index contributed by atoms with van der Waals surface area (Å²) in [6.07, 6.45) is 0.786. The SMILES string of the molecule is Cc1ccc(S(=O)(=O)n2c(-c3cc(C#N)cc(CO)c3)cc3c4c(ccc32)[C@@H](NC(=O)OC(C)(C)C)CC4)cc1. The molecular formula is C31H31N3O5S. The van der Waals surface area contributed by atoms with Crippen molar-refractivity contribution in [2.24, 2.45) is 0 Å². The average molecular weight is 558 g/mol. The zero-order chi connectivity index (χ0) is 28.8. The second-order valence-electron chi connectivity index (χ2n) is 11.1. The van der Waals surface area contributed by atoms with E-state index in [4.69, 9.17) is 4.74 Å². The van der Waals surface area contributed by atoms with Crippen molar-refractivity contribution < 1.29 is 23.1 Å². The van der Waals surface area contributed by atoms with Crippen LogP contribution in [0.15, 0.2) is 65.6 Å². The molecule has 0 fully saturated rings. The Bertz CT molecular complexity index is 1770. The molecule has 1 aliphatic rings. The molecule has 0 aliphatic heterocycles. The summed E-state index contributed by atoms with van der Waals surface area (Å²) in [5.74, 6) is 0. The van der Waals surface area contributed by atoms with Gasteiger partial charge in [-0.2, -0.15) is 5.26 Å². The molecule has 40 heavy (non-hydrogen) atoms. The van der Waals surface area contributed by atoms with Crippen LogP contribution in [-0.2, 0) is 27.8 Å². The summed E-state index contributed by atoms with van der Waals surface area (Å²) in [6.45, 7) is 7.02. The van der Waals surface area contributed by atoms with E-state index in [0.29, 0.717) is 40.7 Å². The summed E-state index contributed by atoms with van der Waals surface area (Å²) < 4.78 is 35.0. The van der Waals surface area contributed by atoms with E-state index in [1.54, 1.807) is 69.3 Å². The Labute approximate surface area is 233 Å². The number of hydrogen-bond donors (Lipinski definition) is 2. The van der Waals surface area contributed by atoms with Crippen LogP contribution in [0.25, 0.3) is 22.2 Å². The molecule has 2 N–H and O–H groups in total. The van der Waals surface area contributed by atoms with Crippen molar-refractivity contribution in [3.8, 4) is 17.3 Å². The number of aliphatic hydroxyl groups is 1. The van der Waals surface area contributed by atoms with Crippen LogP contribution >= 0.6 is 0 Å². The van der Waals surface area contributed by atoms with Gasteiger partial charge in [0.15, 0.2) is 0 Å². The summed E-state index contributed by atoms with van der Waals surface area (Å²) in [4.78, 5) is 12.6. The zero-order valence-corrected chi connectivity index (χ0v) is 23.7. The molecule has 1 aliphatic carbocycles. The summed E-state index contributed by atoms with van der Waals surface area (Å²) in [6, 6.07) is 18.9. The van der Waals surface area contributed by atoms with Crippen LogP contribution in [0.1, 0.15) is 61.1 Å². The topological polar surface area (TPSA) is 121 Å². The summed E-state index contributed by atoms with van der Waals surface area (Å²) >= 11 is 0. The number of aromatic nitrogens is 1. The number of fused-ring (bicyclic) bond motifs is 3. The van der Waals surface area contributed by atoms with Gasteiger partial charge >= 0.3 is 6.09 Å². The number of hydrogen-bond acceptors (Lipinski definition) is 6. The fourth-order valence-corrected chi connectivity index (χ4v) is 6.78. The molecule has 1 amide bonds. The molecule has 0 radical (unpaired) electrons.